The predicted octanol–water partition coefficient (Wildman–Crippen LogP) is 3.61. The molecule has 2 aromatic rings. The van der Waals surface area contributed by atoms with Crippen molar-refractivity contribution in [1.82, 2.24) is 5.43 Å². The lowest BCUT2D eigenvalue weighted by molar-refractivity contribution is 0.549. The van der Waals surface area contributed by atoms with Gasteiger partial charge in [0.15, 0.2) is 0 Å². The molecule has 0 bridgehead atoms. The van der Waals surface area contributed by atoms with Crippen LogP contribution in [0.25, 0.3) is 0 Å². The molecule has 0 aliphatic heterocycles. The highest BCUT2D eigenvalue weighted by Crippen LogP contribution is 2.23. The van der Waals surface area contributed by atoms with Gasteiger partial charge in [-0.15, -0.1) is 0 Å². The molecule has 20 heavy (non-hydrogen) atoms. The van der Waals surface area contributed by atoms with E-state index < -0.39 is 0 Å². The second-order valence-electron chi connectivity index (χ2n) is 5.38. The maximum absolute atomic E-state index is 5.78. The SMILES string of the molecule is CCc1ccc(CC(NN)c2cccc(C)c2C)cc1. The van der Waals surface area contributed by atoms with Crippen molar-refractivity contribution in [2.24, 2.45) is 5.84 Å². The van der Waals surface area contributed by atoms with E-state index in [1.807, 2.05) is 0 Å². The Hall–Kier alpha value is -1.64. The van der Waals surface area contributed by atoms with E-state index in [0.29, 0.717) is 0 Å². The summed E-state index contributed by atoms with van der Waals surface area (Å²) in [7, 11) is 0. The highest BCUT2D eigenvalue weighted by molar-refractivity contribution is 5.36. The molecular weight excluding hydrogens is 244 g/mol. The Morgan fingerprint density at radius 2 is 1.65 bits per heavy atom. The van der Waals surface area contributed by atoms with Gasteiger partial charge in [0.05, 0.1) is 6.04 Å². The largest absolute Gasteiger partial charge is 0.271 e. The summed E-state index contributed by atoms with van der Waals surface area (Å²) in [6.45, 7) is 6.48. The molecule has 0 spiro atoms. The molecule has 0 saturated carbocycles. The molecule has 0 aliphatic carbocycles. The Balaban J connectivity index is 2.21. The highest BCUT2D eigenvalue weighted by atomic mass is 15.2. The van der Waals surface area contributed by atoms with Gasteiger partial charge in [-0.1, -0.05) is 49.4 Å². The molecule has 2 rings (SSSR count). The first-order chi connectivity index (χ1) is 9.65. The average molecular weight is 268 g/mol. The Labute approximate surface area is 122 Å². The maximum Gasteiger partial charge on any atom is 0.0503 e. The quantitative estimate of drug-likeness (QED) is 0.642. The number of aryl methyl sites for hydroxylation is 2. The molecule has 0 amide bonds. The number of nitrogens with two attached hydrogens (primary N) is 1. The van der Waals surface area contributed by atoms with Crippen molar-refractivity contribution in [3.63, 3.8) is 0 Å². The molecule has 2 aromatic carbocycles. The van der Waals surface area contributed by atoms with Gasteiger partial charge >= 0.3 is 0 Å². The van der Waals surface area contributed by atoms with Gasteiger partial charge in [0, 0.05) is 0 Å². The van der Waals surface area contributed by atoms with Crippen molar-refractivity contribution in [2.75, 3.05) is 0 Å². The van der Waals surface area contributed by atoms with Gasteiger partial charge in [-0.3, -0.25) is 11.3 Å². The summed E-state index contributed by atoms with van der Waals surface area (Å²) in [4.78, 5) is 0. The Kier molecular flexibility index (Phi) is 4.94. The smallest absolute Gasteiger partial charge is 0.0503 e. The fourth-order valence-corrected chi connectivity index (χ4v) is 2.56. The van der Waals surface area contributed by atoms with Crippen LogP contribution in [0.15, 0.2) is 42.5 Å². The lowest BCUT2D eigenvalue weighted by Crippen LogP contribution is -2.30. The zero-order valence-corrected chi connectivity index (χ0v) is 12.6. The second kappa shape index (κ2) is 6.69. The van der Waals surface area contributed by atoms with E-state index in [1.54, 1.807) is 0 Å². The van der Waals surface area contributed by atoms with Crippen LogP contribution in [0.4, 0.5) is 0 Å². The van der Waals surface area contributed by atoms with Gasteiger partial charge in [-0.05, 0) is 54.5 Å². The first-order valence-corrected chi connectivity index (χ1v) is 7.25. The van der Waals surface area contributed by atoms with Gasteiger partial charge in [-0.2, -0.15) is 0 Å². The van der Waals surface area contributed by atoms with Crippen molar-refractivity contribution >= 4 is 0 Å². The summed E-state index contributed by atoms with van der Waals surface area (Å²) in [5.41, 5.74) is 9.56. The van der Waals surface area contributed by atoms with E-state index in [2.05, 4.69) is 68.7 Å². The third kappa shape index (κ3) is 3.27. The fraction of sp³-hybridized carbons (Fsp3) is 0.333. The molecule has 0 saturated heterocycles. The zero-order chi connectivity index (χ0) is 14.5. The van der Waals surface area contributed by atoms with E-state index in [4.69, 9.17) is 5.84 Å². The van der Waals surface area contributed by atoms with Crippen molar-refractivity contribution in [1.29, 1.82) is 0 Å². The van der Waals surface area contributed by atoms with Crippen LogP contribution in [0.1, 0.15) is 40.8 Å². The van der Waals surface area contributed by atoms with Crippen molar-refractivity contribution in [3.8, 4) is 0 Å². The van der Waals surface area contributed by atoms with Crippen molar-refractivity contribution in [2.45, 2.75) is 39.7 Å². The summed E-state index contributed by atoms with van der Waals surface area (Å²) in [5.74, 6) is 5.78. The summed E-state index contributed by atoms with van der Waals surface area (Å²) < 4.78 is 0. The van der Waals surface area contributed by atoms with Crippen LogP contribution >= 0.6 is 0 Å². The van der Waals surface area contributed by atoms with Crippen LogP contribution < -0.4 is 11.3 Å². The standard InChI is InChI=1S/C18H24N2/c1-4-15-8-10-16(11-9-15)12-18(20-19)17-7-5-6-13(2)14(17)3/h5-11,18,20H,4,12,19H2,1-3H3. The number of nitrogens with one attached hydrogen (secondary N) is 1. The molecule has 1 unspecified atom stereocenters. The lowest BCUT2D eigenvalue weighted by Gasteiger charge is -2.20. The van der Waals surface area contributed by atoms with E-state index in [-0.39, 0.29) is 6.04 Å². The molecule has 106 valence electrons. The molecule has 2 nitrogen and oxygen atoms in total. The molecule has 1 atom stereocenters. The molecular formula is C18H24N2. The van der Waals surface area contributed by atoms with Gasteiger partial charge in [0.25, 0.3) is 0 Å². The maximum atomic E-state index is 5.78. The molecule has 0 aromatic heterocycles. The van der Waals surface area contributed by atoms with E-state index in [0.717, 1.165) is 12.8 Å². The monoisotopic (exact) mass is 268 g/mol. The van der Waals surface area contributed by atoms with Crippen LogP contribution in [-0.2, 0) is 12.8 Å². The minimum Gasteiger partial charge on any atom is -0.271 e. The van der Waals surface area contributed by atoms with Gasteiger partial charge in [-0.25, -0.2) is 0 Å². The van der Waals surface area contributed by atoms with Crippen LogP contribution in [0.2, 0.25) is 0 Å². The summed E-state index contributed by atoms with van der Waals surface area (Å²) in [6, 6.07) is 15.4. The third-order valence-electron chi connectivity index (χ3n) is 4.09. The number of hydrogen-bond acceptors (Lipinski definition) is 2. The number of hydrogen-bond donors (Lipinski definition) is 2. The molecule has 3 N–H and O–H groups in total. The van der Waals surface area contributed by atoms with Crippen molar-refractivity contribution < 1.29 is 0 Å². The van der Waals surface area contributed by atoms with Gasteiger partial charge in [0.1, 0.15) is 0 Å². The van der Waals surface area contributed by atoms with Crippen LogP contribution in [0.5, 0.6) is 0 Å². The third-order valence-corrected chi connectivity index (χ3v) is 4.09. The Bertz CT molecular complexity index is 558. The summed E-state index contributed by atoms with van der Waals surface area (Å²) >= 11 is 0. The summed E-state index contributed by atoms with van der Waals surface area (Å²) in [5, 5.41) is 0. The molecule has 0 fully saturated rings. The highest BCUT2D eigenvalue weighted by Gasteiger charge is 2.13. The summed E-state index contributed by atoms with van der Waals surface area (Å²) in [6.07, 6.45) is 1.99. The normalized spacial score (nSPS) is 12.4. The lowest BCUT2D eigenvalue weighted by atomic mass is 9.93. The van der Waals surface area contributed by atoms with E-state index in [9.17, 15) is 0 Å². The minimum atomic E-state index is 0.155. The topological polar surface area (TPSA) is 38.0 Å². The number of hydrazine groups is 1. The Morgan fingerprint density at radius 3 is 2.25 bits per heavy atom. The molecule has 0 aliphatic rings. The van der Waals surface area contributed by atoms with Gasteiger partial charge < -0.3 is 0 Å². The Morgan fingerprint density at radius 1 is 1.00 bits per heavy atom. The number of rotatable bonds is 5. The van der Waals surface area contributed by atoms with Crippen molar-refractivity contribution in [3.05, 3.63) is 70.3 Å². The molecule has 0 radical (unpaired) electrons. The average Bonchev–Trinajstić information content (AvgIpc) is 2.48. The minimum absolute atomic E-state index is 0.155. The van der Waals surface area contributed by atoms with Gasteiger partial charge in [0.2, 0.25) is 0 Å². The first-order valence-electron chi connectivity index (χ1n) is 7.25. The predicted molar refractivity (Wildman–Crippen MR) is 85.5 cm³/mol. The van der Waals surface area contributed by atoms with Crippen LogP contribution in [0, 0.1) is 13.8 Å². The molecule has 2 heteroatoms. The number of benzene rings is 2. The fourth-order valence-electron chi connectivity index (χ4n) is 2.56. The van der Waals surface area contributed by atoms with E-state index >= 15 is 0 Å². The van der Waals surface area contributed by atoms with Crippen LogP contribution in [-0.4, -0.2) is 0 Å². The van der Waals surface area contributed by atoms with E-state index in [1.165, 1.54) is 27.8 Å². The molecule has 0 heterocycles. The zero-order valence-electron chi connectivity index (χ0n) is 12.6. The van der Waals surface area contributed by atoms with Crippen LogP contribution in [0.3, 0.4) is 0 Å². The first kappa shape index (κ1) is 14.8. The second-order valence-corrected chi connectivity index (χ2v) is 5.38.